The van der Waals surface area contributed by atoms with Crippen LogP contribution in [0.5, 0.6) is 23.0 Å². The number of fused-ring (bicyclic) bond motifs is 1. The lowest BCUT2D eigenvalue weighted by atomic mass is 10.1. The Hall–Kier alpha value is -4.58. The van der Waals surface area contributed by atoms with Gasteiger partial charge >= 0.3 is 11.9 Å². The van der Waals surface area contributed by atoms with Gasteiger partial charge in [-0.2, -0.15) is 0 Å². The van der Waals surface area contributed by atoms with Crippen molar-refractivity contribution in [3.05, 3.63) is 63.8 Å². The standard InChI is InChI=1S/C28H28N2O9S/c1-5-38-27(34)23-21(29)16(11-14-7-9-17(31)19(12-14)36-3)22-25(28(35)39-6-2)40-24(26(33)30(22)23)15-8-10-18(32)20(13-15)37-4/h7-13,24,31-32H,5-6,29H2,1-4H3/b16-11+/t24-/m1/s1. The number of anilines is 1. The Morgan fingerprint density at radius 3 is 2.20 bits per heavy atom. The van der Waals surface area contributed by atoms with Crippen molar-refractivity contribution in [3.63, 3.8) is 0 Å². The van der Waals surface area contributed by atoms with Gasteiger partial charge in [-0.05, 0) is 55.3 Å². The van der Waals surface area contributed by atoms with Gasteiger partial charge in [0, 0.05) is 5.22 Å². The SMILES string of the molecule is CCOC(=O)C1=c2/c(=C/c3ccc(O)c(OC)c3)c(N)c(C(=O)OCC)n2C(=O)[C@@H](c2ccc(O)c(OC)c2)S1. The molecular weight excluding hydrogens is 540 g/mol. The number of thioether (sulfide) groups is 1. The molecule has 2 heterocycles. The number of nitrogens with zero attached hydrogens (tertiary/aromatic N) is 1. The van der Waals surface area contributed by atoms with Gasteiger partial charge in [0.1, 0.15) is 10.2 Å². The summed E-state index contributed by atoms with van der Waals surface area (Å²) in [6, 6.07) is 8.91. The number of carbonyl (C=O) groups excluding carboxylic acids is 3. The summed E-state index contributed by atoms with van der Waals surface area (Å²) in [4.78, 5) is 40.6. The average molecular weight is 569 g/mol. The fourth-order valence-corrected chi connectivity index (χ4v) is 5.49. The summed E-state index contributed by atoms with van der Waals surface area (Å²) in [7, 11) is 2.77. The molecule has 1 aliphatic heterocycles. The molecule has 0 bridgehead atoms. The summed E-state index contributed by atoms with van der Waals surface area (Å²) in [6.45, 7) is 3.34. The Balaban J connectivity index is 2.09. The summed E-state index contributed by atoms with van der Waals surface area (Å²) < 4.78 is 22.0. The molecular formula is C28H28N2O9S. The summed E-state index contributed by atoms with van der Waals surface area (Å²) in [6.07, 6.45) is 1.57. The normalized spacial score (nSPS) is 15.0. The topological polar surface area (TPSA) is 160 Å². The van der Waals surface area contributed by atoms with E-state index in [2.05, 4.69) is 0 Å². The third-order valence-corrected chi connectivity index (χ3v) is 7.40. The highest BCUT2D eigenvalue weighted by Crippen LogP contribution is 2.42. The molecule has 0 saturated carbocycles. The van der Waals surface area contributed by atoms with Crippen molar-refractivity contribution < 1.29 is 43.5 Å². The van der Waals surface area contributed by atoms with Crippen molar-refractivity contribution in [2.24, 2.45) is 0 Å². The Morgan fingerprint density at radius 1 is 0.975 bits per heavy atom. The molecule has 3 aromatic rings. The largest absolute Gasteiger partial charge is 0.504 e. The maximum atomic E-state index is 14.1. The number of nitrogen functional groups attached to an aromatic ring is 1. The lowest BCUT2D eigenvalue weighted by molar-refractivity contribution is -0.135. The highest BCUT2D eigenvalue weighted by atomic mass is 32.2. The summed E-state index contributed by atoms with van der Waals surface area (Å²) >= 11 is 0.933. The molecule has 0 radical (unpaired) electrons. The number of esters is 2. The van der Waals surface area contributed by atoms with Crippen LogP contribution < -0.4 is 25.8 Å². The molecule has 40 heavy (non-hydrogen) atoms. The number of methoxy groups -OCH3 is 2. The van der Waals surface area contributed by atoms with Crippen LogP contribution in [0.2, 0.25) is 0 Å². The summed E-state index contributed by atoms with van der Waals surface area (Å²) in [5, 5.41) is 19.3. The zero-order valence-electron chi connectivity index (χ0n) is 22.2. The van der Waals surface area contributed by atoms with E-state index in [1.165, 1.54) is 44.6 Å². The van der Waals surface area contributed by atoms with Gasteiger partial charge < -0.3 is 34.9 Å². The summed E-state index contributed by atoms with van der Waals surface area (Å²) in [5.74, 6) is -2.05. The van der Waals surface area contributed by atoms with Crippen molar-refractivity contribution in [3.8, 4) is 23.0 Å². The van der Waals surface area contributed by atoms with Crippen LogP contribution in [-0.4, -0.2) is 60.1 Å². The van der Waals surface area contributed by atoms with Crippen molar-refractivity contribution in [2.75, 3.05) is 33.2 Å². The van der Waals surface area contributed by atoms with Crippen molar-refractivity contribution in [1.29, 1.82) is 0 Å². The minimum atomic E-state index is -1.03. The third kappa shape index (κ3) is 5.05. The zero-order chi connectivity index (χ0) is 29.1. The molecule has 0 amide bonds. The zero-order valence-corrected chi connectivity index (χ0v) is 23.0. The van der Waals surface area contributed by atoms with Gasteiger partial charge in [0.2, 0.25) is 5.91 Å². The molecule has 0 spiro atoms. The van der Waals surface area contributed by atoms with Gasteiger partial charge in [-0.3, -0.25) is 9.36 Å². The Labute approximate surface area is 233 Å². The van der Waals surface area contributed by atoms with Crippen LogP contribution in [-0.2, 0) is 14.3 Å². The molecule has 2 aromatic carbocycles. The number of phenols is 2. The average Bonchev–Trinajstić information content (AvgIpc) is 3.22. The second-order valence-corrected chi connectivity index (χ2v) is 9.59. The van der Waals surface area contributed by atoms with Crippen molar-refractivity contribution >= 4 is 46.3 Å². The Morgan fingerprint density at radius 2 is 1.57 bits per heavy atom. The number of phenolic OH excluding ortho intramolecular Hbond substituents is 2. The number of ether oxygens (including phenoxy) is 4. The van der Waals surface area contributed by atoms with E-state index in [1.807, 2.05) is 0 Å². The maximum absolute atomic E-state index is 14.1. The van der Waals surface area contributed by atoms with E-state index < -0.39 is 23.1 Å². The van der Waals surface area contributed by atoms with E-state index in [-0.39, 0.29) is 63.1 Å². The number of nitrogens with two attached hydrogens (primary N) is 1. The van der Waals surface area contributed by atoms with Gasteiger partial charge in [0.15, 0.2) is 28.7 Å². The predicted octanol–water partition coefficient (Wildman–Crippen LogP) is 2.30. The second kappa shape index (κ2) is 11.7. The predicted molar refractivity (Wildman–Crippen MR) is 148 cm³/mol. The van der Waals surface area contributed by atoms with Crippen LogP contribution in [0.4, 0.5) is 5.69 Å². The first kappa shape index (κ1) is 28.4. The highest BCUT2D eigenvalue weighted by Gasteiger charge is 2.38. The first-order valence-electron chi connectivity index (χ1n) is 12.2. The van der Waals surface area contributed by atoms with Gasteiger partial charge in [-0.25, -0.2) is 9.59 Å². The molecule has 0 aliphatic carbocycles. The minimum absolute atomic E-state index is 0.0168. The molecule has 1 aromatic heterocycles. The van der Waals surface area contributed by atoms with E-state index in [0.29, 0.717) is 11.1 Å². The number of aromatic nitrogens is 1. The fraction of sp³-hybridized carbons (Fsp3) is 0.250. The number of hydrogen-bond acceptors (Lipinski definition) is 11. The lowest BCUT2D eigenvalue weighted by Crippen LogP contribution is -2.42. The van der Waals surface area contributed by atoms with Crippen LogP contribution in [0.3, 0.4) is 0 Å². The molecule has 0 unspecified atom stereocenters. The Kier molecular flexibility index (Phi) is 8.29. The van der Waals surface area contributed by atoms with Crippen LogP contribution >= 0.6 is 11.8 Å². The Bertz CT molecular complexity index is 1630. The molecule has 210 valence electrons. The number of carbonyl (C=O) groups is 3. The first-order valence-corrected chi connectivity index (χ1v) is 13.1. The molecule has 1 aliphatic rings. The molecule has 11 nitrogen and oxygen atoms in total. The monoisotopic (exact) mass is 568 g/mol. The molecule has 0 saturated heterocycles. The summed E-state index contributed by atoms with van der Waals surface area (Å²) in [5.41, 5.74) is 7.10. The van der Waals surface area contributed by atoms with E-state index in [9.17, 15) is 24.6 Å². The quantitative estimate of drug-likeness (QED) is 0.342. The lowest BCUT2D eigenvalue weighted by Gasteiger charge is -2.24. The molecule has 0 fully saturated rings. The fourth-order valence-electron chi connectivity index (χ4n) is 4.30. The van der Waals surface area contributed by atoms with Crippen molar-refractivity contribution in [2.45, 2.75) is 19.1 Å². The van der Waals surface area contributed by atoms with Crippen LogP contribution in [0, 0.1) is 0 Å². The van der Waals surface area contributed by atoms with Crippen LogP contribution in [0.25, 0.3) is 11.0 Å². The molecule has 1 atom stereocenters. The van der Waals surface area contributed by atoms with E-state index in [0.717, 1.165) is 16.3 Å². The smallest absolute Gasteiger partial charge is 0.357 e. The third-order valence-electron chi connectivity index (χ3n) is 6.09. The molecule has 4 N–H and O–H groups in total. The van der Waals surface area contributed by atoms with Gasteiger partial charge in [0.25, 0.3) is 0 Å². The van der Waals surface area contributed by atoms with Gasteiger partial charge in [-0.15, -0.1) is 0 Å². The van der Waals surface area contributed by atoms with E-state index in [1.54, 1.807) is 26.0 Å². The van der Waals surface area contributed by atoms with Gasteiger partial charge in [0.05, 0.1) is 38.5 Å². The molecule has 12 heteroatoms. The van der Waals surface area contributed by atoms with Crippen molar-refractivity contribution in [1.82, 2.24) is 4.57 Å². The van der Waals surface area contributed by atoms with Crippen LogP contribution in [0.1, 0.15) is 45.5 Å². The minimum Gasteiger partial charge on any atom is -0.504 e. The number of hydrogen-bond donors (Lipinski definition) is 3. The highest BCUT2D eigenvalue weighted by molar-refractivity contribution is 8.10. The first-order chi connectivity index (χ1) is 19.2. The van der Waals surface area contributed by atoms with E-state index >= 15 is 0 Å². The number of rotatable bonds is 8. The van der Waals surface area contributed by atoms with Gasteiger partial charge in [-0.1, -0.05) is 23.9 Å². The second-order valence-electron chi connectivity index (χ2n) is 8.47. The number of benzene rings is 2. The van der Waals surface area contributed by atoms with E-state index in [4.69, 9.17) is 24.7 Å². The maximum Gasteiger partial charge on any atom is 0.357 e. The number of aromatic hydroxyl groups is 2. The van der Waals surface area contributed by atoms with Crippen LogP contribution in [0.15, 0.2) is 36.4 Å². The molecule has 4 rings (SSSR count).